The maximum atomic E-state index is 11.9. The second kappa shape index (κ2) is 4.31. The lowest BCUT2D eigenvalue weighted by atomic mass is 10.4. The van der Waals surface area contributed by atoms with Gasteiger partial charge in [-0.25, -0.2) is 4.98 Å². The molecular formula is C11H11BrN4O2. The average Bonchev–Trinajstić information content (AvgIpc) is 3.10. The molecule has 0 unspecified atom stereocenters. The molecule has 1 aliphatic rings. The minimum absolute atomic E-state index is 0.139. The summed E-state index contributed by atoms with van der Waals surface area (Å²) in [7, 11) is 0. The van der Waals surface area contributed by atoms with Gasteiger partial charge >= 0.3 is 0 Å². The normalized spacial score (nSPS) is 15.0. The van der Waals surface area contributed by atoms with Crippen LogP contribution in [0.25, 0.3) is 0 Å². The highest BCUT2D eigenvalue weighted by atomic mass is 79.9. The first kappa shape index (κ1) is 11.6. The second-order valence-electron chi connectivity index (χ2n) is 4.37. The van der Waals surface area contributed by atoms with Gasteiger partial charge < -0.3 is 4.52 Å². The molecule has 2 aromatic heterocycles. The van der Waals surface area contributed by atoms with Gasteiger partial charge in [0.1, 0.15) is 10.3 Å². The molecular weight excluding hydrogens is 300 g/mol. The van der Waals surface area contributed by atoms with Crippen molar-refractivity contribution in [3.05, 3.63) is 38.6 Å². The molecule has 18 heavy (non-hydrogen) atoms. The molecule has 0 bridgehead atoms. The predicted molar refractivity (Wildman–Crippen MR) is 66.3 cm³/mol. The van der Waals surface area contributed by atoms with E-state index >= 15 is 0 Å². The van der Waals surface area contributed by atoms with Crippen molar-refractivity contribution < 1.29 is 4.52 Å². The minimum atomic E-state index is -0.139. The van der Waals surface area contributed by atoms with Crippen LogP contribution in [0.4, 0.5) is 0 Å². The summed E-state index contributed by atoms with van der Waals surface area (Å²) in [5, 5.41) is 3.90. The van der Waals surface area contributed by atoms with Crippen molar-refractivity contribution in [1.82, 2.24) is 19.7 Å². The van der Waals surface area contributed by atoms with E-state index in [-0.39, 0.29) is 12.1 Å². The molecule has 1 fully saturated rings. The summed E-state index contributed by atoms with van der Waals surface area (Å²) in [5.74, 6) is 2.24. The molecule has 0 amide bonds. The maximum absolute atomic E-state index is 11.9. The Bertz CT molecular complexity index is 645. The second-order valence-corrected chi connectivity index (χ2v) is 5.22. The number of hydrogen-bond donors (Lipinski definition) is 0. The van der Waals surface area contributed by atoms with Gasteiger partial charge in [0.2, 0.25) is 5.89 Å². The van der Waals surface area contributed by atoms with Gasteiger partial charge in [-0.15, -0.1) is 0 Å². The number of halogens is 1. The Morgan fingerprint density at radius 2 is 2.33 bits per heavy atom. The molecule has 0 N–H and O–H groups in total. The largest absolute Gasteiger partial charge is 0.339 e. The summed E-state index contributed by atoms with van der Waals surface area (Å²) in [6.45, 7) is 2.06. The SMILES string of the molecule is Cc1ncc(Br)c(=O)n1Cc1noc(C2CC2)n1. The van der Waals surface area contributed by atoms with E-state index in [4.69, 9.17) is 4.52 Å². The van der Waals surface area contributed by atoms with Gasteiger partial charge in [-0.2, -0.15) is 4.98 Å². The zero-order valence-corrected chi connectivity index (χ0v) is 11.3. The van der Waals surface area contributed by atoms with E-state index in [9.17, 15) is 4.79 Å². The molecule has 6 nitrogen and oxygen atoms in total. The van der Waals surface area contributed by atoms with Crippen molar-refractivity contribution in [3.8, 4) is 0 Å². The van der Waals surface area contributed by atoms with Crippen molar-refractivity contribution in [2.45, 2.75) is 32.2 Å². The summed E-state index contributed by atoms with van der Waals surface area (Å²) in [6.07, 6.45) is 3.72. The summed E-state index contributed by atoms with van der Waals surface area (Å²) >= 11 is 3.17. The molecule has 1 aliphatic carbocycles. The van der Waals surface area contributed by atoms with Crippen molar-refractivity contribution in [1.29, 1.82) is 0 Å². The summed E-state index contributed by atoms with van der Waals surface area (Å²) in [5.41, 5.74) is -0.139. The molecule has 0 aliphatic heterocycles. The van der Waals surface area contributed by atoms with Crippen LogP contribution in [0.2, 0.25) is 0 Å². The Hall–Kier alpha value is -1.50. The Morgan fingerprint density at radius 3 is 3.06 bits per heavy atom. The van der Waals surface area contributed by atoms with Crippen molar-refractivity contribution in [3.63, 3.8) is 0 Å². The molecule has 3 rings (SSSR count). The fourth-order valence-electron chi connectivity index (χ4n) is 1.71. The van der Waals surface area contributed by atoms with E-state index < -0.39 is 0 Å². The third-order valence-corrected chi connectivity index (χ3v) is 3.46. The average molecular weight is 311 g/mol. The van der Waals surface area contributed by atoms with Gasteiger partial charge in [-0.3, -0.25) is 9.36 Å². The molecule has 2 heterocycles. The summed E-state index contributed by atoms with van der Waals surface area (Å²) in [4.78, 5) is 20.4. The third kappa shape index (κ3) is 2.10. The topological polar surface area (TPSA) is 73.8 Å². The zero-order valence-electron chi connectivity index (χ0n) is 9.76. The van der Waals surface area contributed by atoms with Crippen LogP contribution in [0, 0.1) is 6.92 Å². The molecule has 0 saturated heterocycles. The van der Waals surface area contributed by atoms with Crippen molar-refractivity contribution in [2.24, 2.45) is 0 Å². The monoisotopic (exact) mass is 310 g/mol. The first-order valence-electron chi connectivity index (χ1n) is 5.69. The highest BCUT2D eigenvalue weighted by molar-refractivity contribution is 9.10. The highest BCUT2D eigenvalue weighted by Crippen LogP contribution is 2.38. The number of rotatable bonds is 3. The van der Waals surface area contributed by atoms with Crippen LogP contribution in [0.1, 0.15) is 36.3 Å². The molecule has 7 heteroatoms. The molecule has 0 radical (unpaired) electrons. The van der Waals surface area contributed by atoms with Gasteiger partial charge in [0.25, 0.3) is 5.56 Å². The quantitative estimate of drug-likeness (QED) is 0.861. The van der Waals surface area contributed by atoms with Crippen LogP contribution in [-0.4, -0.2) is 19.7 Å². The molecule has 0 aromatic carbocycles. The Morgan fingerprint density at radius 1 is 1.56 bits per heavy atom. The standard InChI is InChI=1S/C11H11BrN4O2/c1-6-13-4-8(12)11(17)16(6)5-9-14-10(18-15-9)7-2-3-7/h4,7H,2-3,5H2,1H3. The smallest absolute Gasteiger partial charge is 0.268 e. The summed E-state index contributed by atoms with van der Waals surface area (Å²) < 4.78 is 7.11. The fourth-order valence-corrected chi connectivity index (χ4v) is 2.02. The number of nitrogens with zero attached hydrogens (tertiary/aromatic N) is 4. The van der Waals surface area contributed by atoms with Crippen molar-refractivity contribution >= 4 is 15.9 Å². The zero-order chi connectivity index (χ0) is 12.7. The first-order chi connectivity index (χ1) is 8.65. The Kier molecular flexibility index (Phi) is 2.77. The van der Waals surface area contributed by atoms with Crippen LogP contribution in [-0.2, 0) is 6.54 Å². The number of aromatic nitrogens is 4. The molecule has 2 aromatic rings. The van der Waals surface area contributed by atoms with Crippen molar-refractivity contribution in [2.75, 3.05) is 0 Å². The van der Waals surface area contributed by atoms with E-state index in [1.165, 1.54) is 10.8 Å². The van der Waals surface area contributed by atoms with Gasteiger partial charge in [-0.1, -0.05) is 5.16 Å². The number of hydrogen-bond acceptors (Lipinski definition) is 5. The van der Waals surface area contributed by atoms with E-state index in [1.54, 1.807) is 6.92 Å². The molecule has 1 saturated carbocycles. The third-order valence-electron chi connectivity index (χ3n) is 2.91. The van der Waals surface area contributed by atoms with Crippen LogP contribution in [0.3, 0.4) is 0 Å². The van der Waals surface area contributed by atoms with E-state index in [0.29, 0.717) is 27.9 Å². The van der Waals surface area contributed by atoms with Crippen LogP contribution in [0.5, 0.6) is 0 Å². The molecule has 0 spiro atoms. The van der Waals surface area contributed by atoms with Crippen LogP contribution >= 0.6 is 15.9 Å². The first-order valence-corrected chi connectivity index (χ1v) is 6.49. The Balaban J connectivity index is 1.91. The van der Waals surface area contributed by atoms with Gasteiger partial charge in [0.15, 0.2) is 5.82 Å². The molecule has 94 valence electrons. The Labute approximate surface area is 111 Å². The van der Waals surface area contributed by atoms with Crippen LogP contribution < -0.4 is 5.56 Å². The minimum Gasteiger partial charge on any atom is -0.339 e. The lowest BCUT2D eigenvalue weighted by molar-refractivity contribution is 0.372. The van der Waals surface area contributed by atoms with Gasteiger partial charge in [-0.05, 0) is 35.7 Å². The van der Waals surface area contributed by atoms with E-state index in [1.807, 2.05) is 0 Å². The molecule has 0 atom stereocenters. The van der Waals surface area contributed by atoms with Gasteiger partial charge in [0.05, 0.1) is 6.54 Å². The lowest BCUT2D eigenvalue weighted by Crippen LogP contribution is -2.25. The van der Waals surface area contributed by atoms with Gasteiger partial charge in [0, 0.05) is 12.1 Å². The lowest BCUT2D eigenvalue weighted by Gasteiger charge is -2.05. The maximum Gasteiger partial charge on any atom is 0.268 e. The van der Waals surface area contributed by atoms with E-state index in [0.717, 1.165) is 12.8 Å². The number of aryl methyl sites for hydroxylation is 1. The predicted octanol–water partition coefficient (Wildman–Crippen LogP) is 1.62. The van der Waals surface area contributed by atoms with E-state index in [2.05, 4.69) is 31.1 Å². The fraction of sp³-hybridized carbons (Fsp3) is 0.455. The summed E-state index contributed by atoms with van der Waals surface area (Å²) in [6, 6.07) is 0. The van der Waals surface area contributed by atoms with Crippen LogP contribution in [0.15, 0.2) is 20.0 Å². The highest BCUT2D eigenvalue weighted by Gasteiger charge is 2.29.